The molecule has 0 unspecified atom stereocenters. The van der Waals surface area contributed by atoms with Crippen LogP contribution < -0.4 is 4.74 Å². The molecular weight excluding hydrogens is 621 g/mol. The molecular formula is C48H30N2O. The summed E-state index contributed by atoms with van der Waals surface area (Å²) in [5, 5.41) is 4.90. The highest BCUT2D eigenvalue weighted by molar-refractivity contribution is 6.13. The van der Waals surface area contributed by atoms with Crippen molar-refractivity contribution in [2.24, 2.45) is 0 Å². The Morgan fingerprint density at radius 1 is 0.333 bits per heavy atom. The van der Waals surface area contributed by atoms with E-state index in [9.17, 15) is 0 Å². The normalized spacial score (nSPS) is 12.1. The van der Waals surface area contributed by atoms with Crippen LogP contribution in [0, 0.1) is 0 Å². The summed E-state index contributed by atoms with van der Waals surface area (Å²) < 4.78 is 11.4. The molecule has 10 aromatic rings. The molecule has 1 aliphatic rings. The van der Waals surface area contributed by atoms with E-state index in [2.05, 4.69) is 191 Å². The molecule has 0 saturated carbocycles. The van der Waals surface area contributed by atoms with Gasteiger partial charge in [0.2, 0.25) is 0 Å². The summed E-state index contributed by atoms with van der Waals surface area (Å²) in [7, 11) is 0. The lowest BCUT2D eigenvalue weighted by atomic mass is 10.0. The molecule has 0 atom stereocenters. The number of ether oxygens (including phenoxy) is 1. The van der Waals surface area contributed by atoms with Gasteiger partial charge in [-0.2, -0.15) is 0 Å². The Bertz CT molecular complexity index is 2890. The van der Waals surface area contributed by atoms with E-state index in [1.165, 1.54) is 60.3 Å². The maximum absolute atomic E-state index is 6.63. The van der Waals surface area contributed by atoms with Gasteiger partial charge in [-0.3, -0.25) is 0 Å². The van der Waals surface area contributed by atoms with Crippen LogP contribution in [0.15, 0.2) is 182 Å². The predicted octanol–water partition coefficient (Wildman–Crippen LogP) is 13.0. The van der Waals surface area contributed by atoms with Crippen LogP contribution in [0.4, 0.5) is 0 Å². The van der Waals surface area contributed by atoms with E-state index in [-0.39, 0.29) is 0 Å². The molecule has 0 spiro atoms. The fourth-order valence-corrected chi connectivity index (χ4v) is 8.22. The number of benzene rings is 8. The van der Waals surface area contributed by atoms with Gasteiger partial charge in [-0.15, -0.1) is 0 Å². The molecule has 0 aliphatic carbocycles. The lowest BCUT2D eigenvalue weighted by Gasteiger charge is -2.24. The van der Waals surface area contributed by atoms with Crippen LogP contribution in [0.3, 0.4) is 0 Å². The zero-order chi connectivity index (χ0) is 33.5. The van der Waals surface area contributed by atoms with E-state index in [0.717, 1.165) is 39.5 Å². The average molecular weight is 651 g/mol. The summed E-state index contributed by atoms with van der Waals surface area (Å²) in [6.45, 7) is 0. The topological polar surface area (TPSA) is 19.1 Å². The van der Waals surface area contributed by atoms with Gasteiger partial charge in [-0.05, 0) is 82.4 Å². The van der Waals surface area contributed by atoms with Gasteiger partial charge in [0.15, 0.2) is 11.5 Å². The van der Waals surface area contributed by atoms with Gasteiger partial charge in [0, 0.05) is 32.8 Å². The summed E-state index contributed by atoms with van der Waals surface area (Å²) in [5.41, 5.74) is 13.9. The molecule has 0 saturated heterocycles. The number of hydrogen-bond acceptors (Lipinski definition) is 1. The monoisotopic (exact) mass is 650 g/mol. The number of hydrogen-bond donors (Lipinski definition) is 0. The lowest BCUT2D eigenvalue weighted by Crippen LogP contribution is -2.06. The molecule has 0 N–H and O–H groups in total. The first-order chi connectivity index (χ1) is 25.3. The minimum absolute atomic E-state index is 0.859. The molecule has 3 nitrogen and oxygen atoms in total. The van der Waals surface area contributed by atoms with Crippen LogP contribution in [-0.4, -0.2) is 9.13 Å². The molecule has 0 radical (unpaired) electrons. The van der Waals surface area contributed by atoms with Crippen LogP contribution >= 0.6 is 0 Å². The fourth-order valence-electron chi connectivity index (χ4n) is 8.22. The van der Waals surface area contributed by atoms with Crippen LogP contribution in [-0.2, 0) is 0 Å². The maximum atomic E-state index is 6.63. The summed E-state index contributed by atoms with van der Waals surface area (Å²) in [5.74, 6) is 1.75. The van der Waals surface area contributed by atoms with Crippen molar-refractivity contribution in [1.29, 1.82) is 0 Å². The Labute approximate surface area is 294 Å². The molecule has 11 rings (SSSR count). The summed E-state index contributed by atoms with van der Waals surface area (Å²) in [6.07, 6.45) is 0. The summed E-state index contributed by atoms with van der Waals surface area (Å²) in [4.78, 5) is 0. The Kier molecular flexibility index (Phi) is 5.96. The first kappa shape index (κ1) is 28.0. The number of aromatic nitrogens is 2. The second kappa shape index (κ2) is 10.8. The summed E-state index contributed by atoms with van der Waals surface area (Å²) in [6, 6.07) is 65.5. The van der Waals surface area contributed by atoms with Crippen molar-refractivity contribution in [1.82, 2.24) is 9.13 Å². The Morgan fingerprint density at radius 2 is 0.902 bits per heavy atom. The van der Waals surface area contributed by atoms with Crippen LogP contribution in [0.25, 0.3) is 88.4 Å². The highest BCUT2D eigenvalue weighted by atomic mass is 16.5. The Balaban J connectivity index is 1.14. The third-order valence-corrected chi connectivity index (χ3v) is 10.5. The quantitative estimate of drug-likeness (QED) is 0.185. The van der Waals surface area contributed by atoms with E-state index < -0.39 is 0 Å². The lowest BCUT2D eigenvalue weighted by molar-refractivity contribution is 0.477. The van der Waals surface area contributed by atoms with Gasteiger partial charge in [-0.1, -0.05) is 127 Å². The zero-order valence-corrected chi connectivity index (χ0v) is 27.6. The van der Waals surface area contributed by atoms with E-state index in [4.69, 9.17) is 4.74 Å². The van der Waals surface area contributed by atoms with Crippen molar-refractivity contribution in [3.8, 4) is 56.3 Å². The SMILES string of the molecule is c1ccc(-c2ccc3c(c2)c2cc(-c4ccccc4)ccc2n3-c2cccc(-c3cccc4c3-n3c5ccccc5c5cccc(c53)O4)c2)cc1. The van der Waals surface area contributed by atoms with Gasteiger partial charge >= 0.3 is 0 Å². The standard InChI is InChI=1S/C48H30N2O/c1-3-12-31(13-4-1)33-24-26-43-40(29-33)41-30-34(32-14-5-2-6-15-32)25-27-44(41)49(43)36-17-9-16-35(28-36)37-19-10-22-45-47(37)50-42-21-8-7-18-38(42)39-20-11-23-46(51-45)48(39)50/h1-30H. The Hall–Kier alpha value is -6.84. The zero-order valence-electron chi connectivity index (χ0n) is 27.6. The Morgan fingerprint density at radius 3 is 1.63 bits per heavy atom. The van der Waals surface area contributed by atoms with Gasteiger partial charge in [0.05, 0.1) is 27.8 Å². The van der Waals surface area contributed by atoms with Gasteiger partial charge < -0.3 is 13.9 Å². The molecule has 51 heavy (non-hydrogen) atoms. The second-order valence-corrected chi connectivity index (χ2v) is 13.3. The van der Waals surface area contributed by atoms with Crippen molar-refractivity contribution in [3.05, 3.63) is 182 Å². The van der Waals surface area contributed by atoms with Gasteiger partial charge in [0.1, 0.15) is 0 Å². The molecule has 8 aromatic carbocycles. The predicted molar refractivity (Wildman–Crippen MR) is 212 cm³/mol. The van der Waals surface area contributed by atoms with E-state index in [0.29, 0.717) is 0 Å². The first-order valence-electron chi connectivity index (χ1n) is 17.4. The van der Waals surface area contributed by atoms with Crippen molar-refractivity contribution in [3.63, 3.8) is 0 Å². The van der Waals surface area contributed by atoms with Crippen LogP contribution in [0.2, 0.25) is 0 Å². The highest BCUT2D eigenvalue weighted by Crippen LogP contribution is 2.48. The third-order valence-electron chi connectivity index (χ3n) is 10.5. The minimum Gasteiger partial charge on any atom is -0.453 e. The molecule has 3 heterocycles. The van der Waals surface area contributed by atoms with Crippen molar-refractivity contribution in [2.45, 2.75) is 0 Å². The smallest absolute Gasteiger partial charge is 0.152 e. The third kappa shape index (κ3) is 4.19. The number of nitrogens with zero attached hydrogens (tertiary/aromatic N) is 2. The largest absolute Gasteiger partial charge is 0.453 e. The van der Waals surface area contributed by atoms with Crippen LogP contribution in [0.5, 0.6) is 11.5 Å². The molecule has 0 amide bonds. The molecule has 0 bridgehead atoms. The van der Waals surface area contributed by atoms with E-state index in [1.54, 1.807) is 0 Å². The average Bonchev–Trinajstić information content (AvgIpc) is 3.72. The van der Waals surface area contributed by atoms with Crippen molar-refractivity contribution < 1.29 is 4.74 Å². The van der Waals surface area contributed by atoms with E-state index in [1.807, 2.05) is 0 Å². The van der Waals surface area contributed by atoms with Crippen LogP contribution in [0.1, 0.15) is 0 Å². The second-order valence-electron chi connectivity index (χ2n) is 13.3. The first-order valence-corrected chi connectivity index (χ1v) is 17.4. The molecule has 1 aliphatic heterocycles. The van der Waals surface area contributed by atoms with Gasteiger partial charge in [0.25, 0.3) is 0 Å². The number of para-hydroxylation sites is 3. The molecule has 3 heteroatoms. The number of fused-ring (bicyclic) bond motifs is 8. The van der Waals surface area contributed by atoms with Gasteiger partial charge in [-0.25, -0.2) is 0 Å². The minimum atomic E-state index is 0.859. The maximum Gasteiger partial charge on any atom is 0.152 e. The molecule has 238 valence electrons. The fraction of sp³-hybridized carbons (Fsp3) is 0. The number of rotatable bonds is 4. The molecule has 2 aromatic heterocycles. The molecule has 0 fully saturated rings. The summed E-state index contributed by atoms with van der Waals surface area (Å²) >= 11 is 0. The van der Waals surface area contributed by atoms with Crippen molar-refractivity contribution in [2.75, 3.05) is 0 Å². The van der Waals surface area contributed by atoms with Crippen molar-refractivity contribution >= 4 is 43.6 Å². The van der Waals surface area contributed by atoms with E-state index >= 15 is 0 Å². The highest BCUT2D eigenvalue weighted by Gasteiger charge is 2.26.